The molecule has 0 aliphatic rings. The van der Waals surface area contributed by atoms with Crippen molar-refractivity contribution < 1.29 is 19.7 Å². The molecule has 0 heterocycles. The molecule has 0 saturated carbocycles. The van der Waals surface area contributed by atoms with E-state index >= 15 is 0 Å². The Balaban J connectivity index is 2.84. The number of methoxy groups -OCH3 is 1. The number of ether oxygens (including phenoxy) is 1. The minimum atomic E-state index is -1.04. The molecule has 3 N–H and O–H groups in total. The molecule has 0 saturated heterocycles. The van der Waals surface area contributed by atoms with Gasteiger partial charge >= 0.3 is 0 Å². The normalized spacial score (nSPS) is 12.0. The van der Waals surface area contributed by atoms with Crippen molar-refractivity contribution in [3.8, 4) is 11.5 Å². The van der Waals surface area contributed by atoms with E-state index in [1.807, 2.05) is 0 Å². The third-order valence-electron chi connectivity index (χ3n) is 2.27. The summed E-state index contributed by atoms with van der Waals surface area (Å²) in [5.41, 5.74) is 0.268. The summed E-state index contributed by atoms with van der Waals surface area (Å²) < 4.78 is 5.63. The number of carbonyl (C=O) groups is 1. The monoisotopic (exact) mass is 337 g/mol. The fourth-order valence-electron chi connectivity index (χ4n) is 1.35. The maximum atomic E-state index is 11.0. The third-order valence-corrected chi connectivity index (χ3v) is 3.14. The van der Waals surface area contributed by atoms with Gasteiger partial charge in [-0.15, -0.1) is 11.6 Å². The van der Waals surface area contributed by atoms with Gasteiger partial charge in [-0.05, 0) is 28.1 Å². The summed E-state index contributed by atoms with van der Waals surface area (Å²) in [6.07, 6.45) is -1.04. The Kier molecular flexibility index (Phi) is 5.71. The molecule has 0 radical (unpaired) electrons. The second-order valence-corrected chi connectivity index (χ2v) is 4.62. The summed E-state index contributed by atoms with van der Waals surface area (Å²) in [5.74, 6) is -0.178. The van der Waals surface area contributed by atoms with Gasteiger partial charge < -0.3 is 20.3 Å². The fraction of sp³-hybridized carbons (Fsp3) is 0.364. The van der Waals surface area contributed by atoms with E-state index < -0.39 is 6.10 Å². The van der Waals surface area contributed by atoms with E-state index in [1.54, 1.807) is 0 Å². The number of amides is 1. The van der Waals surface area contributed by atoms with Gasteiger partial charge in [-0.25, -0.2) is 0 Å². The summed E-state index contributed by atoms with van der Waals surface area (Å²) in [4.78, 5) is 11.0. The molecule has 0 aliphatic carbocycles. The first-order valence-corrected chi connectivity index (χ1v) is 6.39. The SMILES string of the molecule is COc1cc(C(O)CNC(=O)CCl)c(O)cc1Br. The Labute approximate surface area is 118 Å². The van der Waals surface area contributed by atoms with Crippen LogP contribution in [0, 0.1) is 0 Å². The molecule has 1 atom stereocenters. The molecule has 1 amide bonds. The van der Waals surface area contributed by atoms with Crippen molar-refractivity contribution in [3.63, 3.8) is 0 Å². The number of aromatic hydroxyl groups is 1. The summed E-state index contributed by atoms with van der Waals surface area (Å²) >= 11 is 8.52. The van der Waals surface area contributed by atoms with Gasteiger partial charge in [0, 0.05) is 12.1 Å². The average molecular weight is 339 g/mol. The zero-order valence-corrected chi connectivity index (χ0v) is 12.0. The van der Waals surface area contributed by atoms with Crippen LogP contribution in [0.4, 0.5) is 0 Å². The lowest BCUT2D eigenvalue weighted by Gasteiger charge is -2.15. The summed E-state index contributed by atoms with van der Waals surface area (Å²) in [5, 5.41) is 22.0. The van der Waals surface area contributed by atoms with E-state index in [2.05, 4.69) is 21.2 Å². The van der Waals surface area contributed by atoms with Gasteiger partial charge in [0.2, 0.25) is 5.91 Å². The summed E-state index contributed by atoms with van der Waals surface area (Å²) in [7, 11) is 1.47. The predicted molar refractivity (Wildman–Crippen MR) is 71.0 cm³/mol. The Morgan fingerprint density at radius 3 is 2.83 bits per heavy atom. The molecule has 0 fully saturated rings. The van der Waals surface area contributed by atoms with Crippen LogP contribution < -0.4 is 10.1 Å². The van der Waals surface area contributed by atoms with Crippen LogP contribution in [0.3, 0.4) is 0 Å². The number of aliphatic hydroxyl groups is 1. The van der Waals surface area contributed by atoms with Crippen LogP contribution in [0.15, 0.2) is 16.6 Å². The van der Waals surface area contributed by atoms with E-state index in [1.165, 1.54) is 19.2 Å². The van der Waals surface area contributed by atoms with Gasteiger partial charge in [-0.3, -0.25) is 4.79 Å². The number of hydrogen-bond donors (Lipinski definition) is 3. The highest BCUT2D eigenvalue weighted by atomic mass is 79.9. The van der Waals surface area contributed by atoms with Gasteiger partial charge in [-0.1, -0.05) is 0 Å². The number of phenols is 1. The number of benzene rings is 1. The topological polar surface area (TPSA) is 78.8 Å². The number of carbonyl (C=O) groups excluding carboxylic acids is 1. The zero-order chi connectivity index (χ0) is 13.7. The van der Waals surface area contributed by atoms with E-state index in [9.17, 15) is 15.0 Å². The number of halogens is 2. The van der Waals surface area contributed by atoms with Crippen LogP contribution in [0.5, 0.6) is 11.5 Å². The molecule has 0 aromatic heterocycles. The molecular formula is C11H13BrClNO4. The third kappa shape index (κ3) is 3.76. The van der Waals surface area contributed by atoms with E-state index in [0.717, 1.165) is 0 Å². The van der Waals surface area contributed by atoms with Crippen LogP contribution in [-0.4, -0.2) is 35.7 Å². The van der Waals surface area contributed by atoms with E-state index in [-0.39, 0.29) is 29.6 Å². The van der Waals surface area contributed by atoms with Crippen molar-refractivity contribution >= 4 is 33.4 Å². The average Bonchev–Trinajstić information content (AvgIpc) is 2.35. The number of aliphatic hydroxyl groups excluding tert-OH is 1. The first-order chi connectivity index (χ1) is 8.49. The number of hydrogen-bond acceptors (Lipinski definition) is 4. The van der Waals surface area contributed by atoms with Gasteiger partial charge in [0.25, 0.3) is 0 Å². The largest absolute Gasteiger partial charge is 0.508 e. The first-order valence-electron chi connectivity index (χ1n) is 5.06. The molecule has 18 heavy (non-hydrogen) atoms. The molecule has 0 spiro atoms. The van der Waals surface area contributed by atoms with Crippen molar-refractivity contribution in [1.82, 2.24) is 5.32 Å². The van der Waals surface area contributed by atoms with Crippen molar-refractivity contribution in [1.29, 1.82) is 0 Å². The fourth-order valence-corrected chi connectivity index (χ4v) is 1.94. The highest BCUT2D eigenvalue weighted by molar-refractivity contribution is 9.10. The Morgan fingerprint density at radius 1 is 1.61 bits per heavy atom. The molecule has 5 nitrogen and oxygen atoms in total. The minimum absolute atomic E-state index is 0.0378. The molecule has 0 aliphatic heterocycles. The molecule has 1 aromatic rings. The lowest BCUT2D eigenvalue weighted by atomic mass is 10.1. The second kappa shape index (κ2) is 6.82. The smallest absolute Gasteiger partial charge is 0.235 e. The Bertz CT molecular complexity index is 441. The first kappa shape index (κ1) is 15.1. The van der Waals surface area contributed by atoms with Gasteiger partial charge in [-0.2, -0.15) is 0 Å². The maximum absolute atomic E-state index is 11.0. The van der Waals surface area contributed by atoms with E-state index in [0.29, 0.717) is 10.2 Å². The van der Waals surface area contributed by atoms with Crippen LogP contribution in [-0.2, 0) is 4.79 Å². The lowest BCUT2D eigenvalue weighted by Crippen LogP contribution is -2.29. The number of rotatable bonds is 5. The quantitative estimate of drug-likeness (QED) is 0.712. The molecule has 1 rings (SSSR count). The van der Waals surface area contributed by atoms with Crippen LogP contribution in [0.2, 0.25) is 0 Å². The molecule has 1 unspecified atom stereocenters. The Morgan fingerprint density at radius 2 is 2.28 bits per heavy atom. The minimum Gasteiger partial charge on any atom is -0.508 e. The standard InChI is InChI=1S/C11H13BrClNO4/c1-18-10-2-6(8(15)3-7(10)12)9(16)5-14-11(17)4-13/h2-3,9,15-16H,4-5H2,1H3,(H,14,17). The van der Waals surface area contributed by atoms with Crippen LogP contribution >= 0.6 is 27.5 Å². The summed E-state index contributed by atoms with van der Waals surface area (Å²) in [6, 6.07) is 2.91. The second-order valence-electron chi connectivity index (χ2n) is 3.50. The number of nitrogens with one attached hydrogen (secondary N) is 1. The Hall–Kier alpha value is -0.980. The molecule has 7 heteroatoms. The van der Waals surface area contributed by atoms with E-state index in [4.69, 9.17) is 16.3 Å². The van der Waals surface area contributed by atoms with Gasteiger partial charge in [0.05, 0.1) is 17.7 Å². The zero-order valence-electron chi connectivity index (χ0n) is 9.61. The van der Waals surface area contributed by atoms with Gasteiger partial charge in [0.1, 0.15) is 17.4 Å². The predicted octanol–water partition coefficient (Wildman–Crippen LogP) is 1.55. The number of alkyl halides is 1. The molecule has 100 valence electrons. The van der Waals surface area contributed by atoms with Gasteiger partial charge in [0.15, 0.2) is 0 Å². The molecule has 1 aromatic carbocycles. The lowest BCUT2D eigenvalue weighted by molar-refractivity contribution is -0.119. The highest BCUT2D eigenvalue weighted by Gasteiger charge is 2.16. The summed E-state index contributed by atoms with van der Waals surface area (Å²) in [6.45, 7) is -0.0378. The molecular weight excluding hydrogens is 325 g/mol. The van der Waals surface area contributed by atoms with Crippen LogP contribution in [0.25, 0.3) is 0 Å². The molecule has 0 bridgehead atoms. The maximum Gasteiger partial charge on any atom is 0.235 e. The van der Waals surface area contributed by atoms with Crippen molar-refractivity contribution in [2.45, 2.75) is 6.10 Å². The van der Waals surface area contributed by atoms with Crippen molar-refractivity contribution in [2.75, 3.05) is 19.5 Å². The van der Waals surface area contributed by atoms with Crippen molar-refractivity contribution in [2.24, 2.45) is 0 Å². The highest BCUT2D eigenvalue weighted by Crippen LogP contribution is 2.34. The van der Waals surface area contributed by atoms with Crippen LogP contribution in [0.1, 0.15) is 11.7 Å². The number of phenolic OH excluding ortho intramolecular Hbond substituents is 1. The van der Waals surface area contributed by atoms with Crippen molar-refractivity contribution in [3.05, 3.63) is 22.2 Å².